The second kappa shape index (κ2) is 5.72. The summed E-state index contributed by atoms with van der Waals surface area (Å²) in [7, 11) is 1.35. The summed E-state index contributed by atoms with van der Waals surface area (Å²) in [5, 5.41) is 13.0. The van der Waals surface area contributed by atoms with E-state index < -0.39 is 6.10 Å². The first-order valence-corrected chi connectivity index (χ1v) is 7.75. The molecular weight excluding hydrogens is 282 g/mol. The van der Waals surface area contributed by atoms with Crippen LogP contribution in [0.3, 0.4) is 0 Å². The van der Waals surface area contributed by atoms with E-state index in [9.17, 15) is 14.7 Å². The fourth-order valence-electron chi connectivity index (χ4n) is 2.93. The molecule has 5 nitrogen and oxygen atoms in total. The number of hydrogen-bond donors (Lipinski definition) is 2. The highest BCUT2D eigenvalue weighted by Crippen LogP contribution is 2.46. The van der Waals surface area contributed by atoms with Crippen molar-refractivity contribution in [2.75, 3.05) is 7.11 Å². The van der Waals surface area contributed by atoms with Crippen molar-refractivity contribution in [2.24, 2.45) is 5.92 Å². The van der Waals surface area contributed by atoms with Gasteiger partial charge >= 0.3 is 5.97 Å². The Kier molecular flexibility index (Phi) is 3.91. The second-order valence-corrected chi connectivity index (χ2v) is 6.28. The molecule has 118 valence electrons. The van der Waals surface area contributed by atoms with Crippen molar-refractivity contribution >= 4 is 11.9 Å². The lowest BCUT2D eigenvalue weighted by molar-refractivity contribution is -0.134. The number of aliphatic hydroxyl groups is 1. The Labute approximate surface area is 129 Å². The largest absolute Gasteiger partial charge is 0.465 e. The molecule has 2 fully saturated rings. The molecule has 2 N–H and O–H groups in total. The van der Waals surface area contributed by atoms with Crippen LogP contribution in [-0.4, -0.2) is 30.2 Å². The van der Waals surface area contributed by atoms with Gasteiger partial charge in [0.1, 0.15) is 6.10 Å². The molecule has 1 aromatic rings. The molecule has 22 heavy (non-hydrogen) atoms. The predicted molar refractivity (Wildman–Crippen MR) is 80.2 cm³/mol. The summed E-state index contributed by atoms with van der Waals surface area (Å²) < 4.78 is 4.68. The molecule has 5 heteroatoms. The Morgan fingerprint density at radius 3 is 2.36 bits per heavy atom. The molecule has 0 bridgehead atoms. The van der Waals surface area contributed by atoms with Gasteiger partial charge in [-0.3, -0.25) is 4.79 Å². The zero-order chi connectivity index (χ0) is 15.7. The number of esters is 1. The van der Waals surface area contributed by atoms with Crippen LogP contribution < -0.4 is 5.32 Å². The lowest BCUT2D eigenvalue weighted by Gasteiger charge is -2.30. The van der Waals surface area contributed by atoms with Gasteiger partial charge in [-0.05, 0) is 49.3 Å². The molecule has 1 aromatic carbocycles. The molecule has 0 aliphatic heterocycles. The van der Waals surface area contributed by atoms with Gasteiger partial charge in [-0.15, -0.1) is 0 Å². The van der Waals surface area contributed by atoms with Gasteiger partial charge in [0, 0.05) is 0 Å². The summed E-state index contributed by atoms with van der Waals surface area (Å²) in [4.78, 5) is 23.6. The summed E-state index contributed by atoms with van der Waals surface area (Å²) in [5.74, 6) is -0.544. The molecule has 1 atom stereocenters. The van der Waals surface area contributed by atoms with E-state index in [4.69, 9.17) is 0 Å². The first-order valence-electron chi connectivity index (χ1n) is 7.75. The molecule has 0 saturated heterocycles. The SMILES string of the molecule is COC(=O)c1ccc(C2(NC(=O)[C@H](O)C3CCC3)CC2)cc1. The fourth-order valence-corrected chi connectivity index (χ4v) is 2.93. The minimum Gasteiger partial charge on any atom is -0.465 e. The quantitative estimate of drug-likeness (QED) is 0.812. The minimum atomic E-state index is -0.902. The van der Waals surface area contributed by atoms with E-state index in [1.807, 2.05) is 12.1 Å². The molecular formula is C17H21NO4. The van der Waals surface area contributed by atoms with Gasteiger partial charge in [0.15, 0.2) is 0 Å². The highest BCUT2D eigenvalue weighted by atomic mass is 16.5. The van der Waals surface area contributed by atoms with E-state index in [0.717, 1.165) is 37.7 Å². The molecule has 2 saturated carbocycles. The predicted octanol–water partition coefficient (Wildman–Crippen LogP) is 1.74. The Balaban J connectivity index is 1.68. The van der Waals surface area contributed by atoms with Crippen molar-refractivity contribution < 1.29 is 19.4 Å². The molecule has 0 heterocycles. The maximum atomic E-state index is 12.2. The summed E-state index contributed by atoms with van der Waals surface area (Å²) in [6.07, 6.45) is 3.75. The Bertz CT molecular complexity index is 573. The molecule has 0 spiro atoms. The van der Waals surface area contributed by atoms with Crippen LogP contribution in [-0.2, 0) is 15.1 Å². The van der Waals surface area contributed by atoms with E-state index >= 15 is 0 Å². The third-order valence-corrected chi connectivity index (χ3v) is 4.84. The van der Waals surface area contributed by atoms with E-state index in [2.05, 4.69) is 10.1 Å². The highest BCUT2D eigenvalue weighted by Gasteiger charge is 2.47. The molecule has 0 unspecified atom stereocenters. The summed E-state index contributed by atoms with van der Waals surface area (Å²) in [6.45, 7) is 0. The average molecular weight is 303 g/mol. The first-order chi connectivity index (χ1) is 10.6. The van der Waals surface area contributed by atoms with Gasteiger partial charge in [-0.2, -0.15) is 0 Å². The van der Waals surface area contributed by atoms with Gasteiger partial charge in [-0.25, -0.2) is 4.79 Å². The van der Waals surface area contributed by atoms with Gasteiger partial charge < -0.3 is 15.2 Å². The molecule has 0 radical (unpaired) electrons. The number of methoxy groups -OCH3 is 1. The van der Waals surface area contributed by atoms with E-state index in [0.29, 0.717) is 5.56 Å². The van der Waals surface area contributed by atoms with Crippen LogP contribution >= 0.6 is 0 Å². The molecule has 3 rings (SSSR count). The Hall–Kier alpha value is -1.88. The van der Waals surface area contributed by atoms with Crippen molar-refractivity contribution in [3.63, 3.8) is 0 Å². The van der Waals surface area contributed by atoms with Crippen LogP contribution in [0.15, 0.2) is 24.3 Å². The van der Waals surface area contributed by atoms with Crippen LogP contribution in [0.5, 0.6) is 0 Å². The number of carbonyl (C=O) groups is 2. The van der Waals surface area contributed by atoms with Crippen LogP contribution in [0, 0.1) is 5.92 Å². The van der Waals surface area contributed by atoms with E-state index in [1.54, 1.807) is 12.1 Å². The van der Waals surface area contributed by atoms with E-state index in [1.165, 1.54) is 7.11 Å². The lowest BCUT2D eigenvalue weighted by atomic mass is 9.80. The number of rotatable bonds is 5. The number of ether oxygens (including phenoxy) is 1. The van der Waals surface area contributed by atoms with Gasteiger partial charge in [0.2, 0.25) is 5.91 Å². The first kappa shape index (κ1) is 15.0. The Morgan fingerprint density at radius 1 is 1.27 bits per heavy atom. The van der Waals surface area contributed by atoms with Crippen molar-refractivity contribution in [1.29, 1.82) is 0 Å². The van der Waals surface area contributed by atoms with Crippen molar-refractivity contribution in [1.82, 2.24) is 5.32 Å². The van der Waals surface area contributed by atoms with E-state index in [-0.39, 0.29) is 23.3 Å². The van der Waals surface area contributed by atoms with Gasteiger partial charge in [0.25, 0.3) is 0 Å². The standard InChI is InChI=1S/C17H21NO4/c1-22-16(21)12-5-7-13(8-6-12)17(9-10-17)18-15(20)14(19)11-3-2-4-11/h5-8,11,14,19H,2-4,9-10H2,1H3,(H,18,20)/t14-/m1/s1. The summed E-state index contributed by atoms with van der Waals surface area (Å²) >= 11 is 0. The van der Waals surface area contributed by atoms with Gasteiger partial charge in [0.05, 0.1) is 18.2 Å². The molecule has 0 aromatic heterocycles. The number of amides is 1. The minimum absolute atomic E-state index is 0.109. The third-order valence-electron chi connectivity index (χ3n) is 4.84. The number of hydrogen-bond acceptors (Lipinski definition) is 4. The van der Waals surface area contributed by atoms with Gasteiger partial charge in [-0.1, -0.05) is 18.6 Å². The fraction of sp³-hybridized carbons (Fsp3) is 0.529. The smallest absolute Gasteiger partial charge is 0.337 e. The lowest BCUT2D eigenvalue weighted by Crippen LogP contribution is -2.46. The van der Waals surface area contributed by atoms with Crippen molar-refractivity contribution in [3.8, 4) is 0 Å². The summed E-state index contributed by atoms with van der Waals surface area (Å²) in [5.41, 5.74) is 1.08. The average Bonchev–Trinajstić information content (AvgIpc) is 3.25. The second-order valence-electron chi connectivity index (χ2n) is 6.28. The van der Waals surface area contributed by atoms with Crippen LogP contribution in [0.25, 0.3) is 0 Å². The highest BCUT2D eigenvalue weighted by molar-refractivity contribution is 5.89. The monoisotopic (exact) mass is 303 g/mol. The number of aliphatic hydroxyl groups excluding tert-OH is 1. The van der Waals surface area contributed by atoms with Crippen LogP contribution in [0.2, 0.25) is 0 Å². The zero-order valence-electron chi connectivity index (χ0n) is 12.7. The zero-order valence-corrected chi connectivity index (χ0v) is 12.7. The number of carbonyl (C=O) groups excluding carboxylic acids is 2. The maximum Gasteiger partial charge on any atom is 0.337 e. The summed E-state index contributed by atoms with van der Waals surface area (Å²) in [6, 6.07) is 7.09. The number of nitrogens with one attached hydrogen (secondary N) is 1. The topological polar surface area (TPSA) is 75.6 Å². The normalized spacial score (nSPS) is 20.6. The Morgan fingerprint density at radius 2 is 1.91 bits per heavy atom. The number of benzene rings is 1. The molecule has 2 aliphatic rings. The van der Waals surface area contributed by atoms with Crippen LogP contribution in [0.1, 0.15) is 48.0 Å². The molecule has 2 aliphatic carbocycles. The van der Waals surface area contributed by atoms with Crippen molar-refractivity contribution in [2.45, 2.75) is 43.7 Å². The molecule has 1 amide bonds. The van der Waals surface area contributed by atoms with Crippen molar-refractivity contribution in [3.05, 3.63) is 35.4 Å². The van der Waals surface area contributed by atoms with Crippen LogP contribution in [0.4, 0.5) is 0 Å². The maximum absolute atomic E-state index is 12.2. The third kappa shape index (κ3) is 2.73.